The molecule has 18 heavy (non-hydrogen) atoms. The molecule has 1 aliphatic carbocycles. The highest BCUT2D eigenvalue weighted by Gasteiger charge is 2.24. The summed E-state index contributed by atoms with van der Waals surface area (Å²) < 4.78 is 0. The molecular formula is C14H19N3S. The fourth-order valence-corrected chi connectivity index (χ4v) is 3.56. The van der Waals surface area contributed by atoms with Gasteiger partial charge >= 0.3 is 0 Å². The maximum Gasteiger partial charge on any atom is 0.138 e. The summed E-state index contributed by atoms with van der Waals surface area (Å²) in [5, 5.41) is 4.81. The van der Waals surface area contributed by atoms with Crippen molar-refractivity contribution < 1.29 is 0 Å². The van der Waals surface area contributed by atoms with Crippen molar-refractivity contribution in [3.63, 3.8) is 0 Å². The first kappa shape index (κ1) is 11.9. The van der Waals surface area contributed by atoms with Gasteiger partial charge in [0.15, 0.2) is 0 Å². The standard InChI is InChI=1S/C14H19N3S/c1-8-10(3)18-14-12(8)13(15-7-16-14)17-9(2)11-5-4-6-11/h7,9,11H,4-6H2,1-3H3,(H,15,16,17). The molecule has 0 radical (unpaired) electrons. The monoisotopic (exact) mass is 261 g/mol. The lowest BCUT2D eigenvalue weighted by atomic mass is 9.80. The topological polar surface area (TPSA) is 37.8 Å². The summed E-state index contributed by atoms with van der Waals surface area (Å²) >= 11 is 1.76. The molecule has 96 valence electrons. The van der Waals surface area contributed by atoms with E-state index >= 15 is 0 Å². The summed E-state index contributed by atoms with van der Waals surface area (Å²) in [6, 6.07) is 0.511. The van der Waals surface area contributed by atoms with Gasteiger partial charge in [-0.15, -0.1) is 11.3 Å². The third-order valence-corrected chi connectivity index (χ3v) is 5.30. The molecule has 0 saturated heterocycles. The molecule has 0 aliphatic heterocycles. The van der Waals surface area contributed by atoms with Crippen LogP contribution in [0.4, 0.5) is 5.82 Å². The summed E-state index contributed by atoms with van der Waals surface area (Å²) in [5.41, 5.74) is 1.32. The zero-order chi connectivity index (χ0) is 12.7. The van der Waals surface area contributed by atoms with Gasteiger partial charge in [0.25, 0.3) is 0 Å². The Morgan fingerprint density at radius 2 is 2.11 bits per heavy atom. The second kappa shape index (κ2) is 4.50. The number of fused-ring (bicyclic) bond motifs is 1. The molecule has 1 saturated carbocycles. The van der Waals surface area contributed by atoms with Gasteiger partial charge in [-0.05, 0) is 45.1 Å². The second-order valence-corrected chi connectivity index (χ2v) is 6.51. The number of thiophene rings is 1. The van der Waals surface area contributed by atoms with Gasteiger partial charge in [0.1, 0.15) is 17.0 Å². The Balaban J connectivity index is 1.95. The van der Waals surface area contributed by atoms with Crippen LogP contribution in [-0.4, -0.2) is 16.0 Å². The van der Waals surface area contributed by atoms with Crippen molar-refractivity contribution in [1.82, 2.24) is 9.97 Å². The minimum Gasteiger partial charge on any atom is -0.367 e. The smallest absolute Gasteiger partial charge is 0.138 e. The molecule has 0 bridgehead atoms. The number of aryl methyl sites for hydroxylation is 2. The number of hydrogen-bond acceptors (Lipinski definition) is 4. The quantitative estimate of drug-likeness (QED) is 0.910. The molecule has 2 heterocycles. The second-order valence-electron chi connectivity index (χ2n) is 5.31. The molecule has 1 unspecified atom stereocenters. The van der Waals surface area contributed by atoms with E-state index in [0.29, 0.717) is 6.04 Å². The average Bonchev–Trinajstić information content (AvgIpc) is 2.53. The average molecular weight is 261 g/mol. The Morgan fingerprint density at radius 3 is 2.78 bits per heavy atom. The van der Waals surface area contributed by atoms with Crippen LogP contribution in [-0.2, 0) is 0 Å². The van der Waals surface area contributed by atoms with Gasteiger partial charge in [0.2, 0.25) is 0 Å². The van der Waals surface area contributed by atoms with Crippen LogP contribution in [0.25, 0.3) is 10.2 Å². The lowest BCUT2D eigenvalue weighted by molar-refractivity contribution is 0.285. The molecule has 3 rings (SSSR count). The number of nitrogens with zero attached hydrogens (tertiary/aromatic N) is 2. The van der Waals surface area contributed by atoms with Gasteiger partial charge in [-0.25, -0.2) is 9.97 Å². The first-order chi connectivity index (χ1) is 8.66. The third-order valence-electron chi connectivity index (χ3n) is 4.19. The summed E-state index contributed by atoms with van der Waals surface area (Å²) in [7, 11) is 0. The fraction of sp³-hybridized carbons (Fsp3) is 0.571. The molecule has 4 heteroatoms. The molecular weight excluding hydrogens is 242 g/mol. The van der Waals surface area contributed by atoms with E-state index in [1.165, 1.54) is 35.1 Å². The Morgan fingerprint density at radius 1 is 1.33 bits per heavy atom. The molecule has 0 aromatic carbocycles. The van der Waals surface area contributed by atoms with Crippen LogP contribution in [0.5, 0.6) is 0 Å². The van der Waals surface area contributed by atoms with E-state index in [0.717, 1.165) is 16.6 Å². The van der Waals surface area contributed by atoms with E-state index < -0.39 is 0 Å². The minimum atomic E-state index is 0.511. The van der Waals surface area contributed by atoms with Gasteiger partial charge in [0.05, 0.1) is 5.39 Å². The number of hydrogen-bond donors (Lipinski definition) is 1. The van der Waals surface area contributed by atoms with Gasteiger partial charge in [-0.1, -0.05) is 6.42 Å². The van der Waals surface area contributed by atoms with Crippen LogP contribution < -0.4 is 5.32 Å². The van der Waals surface area contributed by atoms with Crippen LogP contribution in [0.1, 0.15) is 36.6 Å². The molecule has 1 fully saturated rings. The van der Waals surface area contributed by atoms with Crippen LogP contribution in [0.15, 0.2) is 6.33 Å². The SMILES string of the molecule is Cc1sc2ncnc(NC(C)C3CCC3)c2c1C. The predicted molar refractivity (Wildman–Crippen MR) is 77.3 cm³/mol. The van der Waals surface area contributed by atoms with E-state index in [1.807, 2.05) is 0 Å². The number of nitrogens with one attached hydrogen (secondary N) is 1. The number of aromatic nitrogens is 2. The molecule has 1 N–H and O–H groups in total. The zero-order valence-electron chi connectivity index (χ0n) is 11.2. The lowest BCUT2D eigenvalue weighted by Crippen LogP contribution is -2.31. The summed E-state index contributed by atoms with van der Waals surface area (Å²) in [4.78, 5) is 11.3. The van der Waals surface area contributed by atoms with Crippen LogP contribution >= 0.6 is 11.3 Å². The van der Waals surface area contributed by atoms with Gasteiger partial charge in [0, 0.05) is 10.9 Å². The van der Waals surface area contributed by atoms with Gasteiger partial charge in [-0.2, -0.15) is 0 Å². The zero-order valence-corrected chi connectivity index (χ0v) is 12.0. The highest BCUT2D eigenvalue weighted by Crippen LogP contribution is 2.35. The molecule has 0 amide bonds. The number of anilines is 1. The van der Waals surface area contributed by atoms with Crippen LogP contribution in [0.3, 0.4) is 0 Å². The molecule has 2 aromatic rings. The van der Waals surface area contributed by atoms with E-state index in [1.54, 1.807) is 17.7 Å². The maximum absolute atomic E-state index is 4.45. The van der Waals surface area contributed by atoms with Gasteiger partial charge in [-0.3, -0.25) is 0 Å². The fourth-order valence-electron chi connectivity index (χ4n) is 2.57. The van der Waals surface area contributed by atoms with Crippen molar-refractivity contribution in [1.29, 1.82) is 0 Å². The highest BCUT2D eigenvalue weighted by molar-refractivity contribution is 7.18. The number of rotatable bonds is 3. The van der Waals surface area contributed by atoms with Gasteiger partial charge < -0.3 is 5.32 Å². The molecule has 1 atom stereocenters. The van der Waals surface area contributed by atoms with Crippen molar-refractivity contribution in [2.45, 2.75) is 46.1 Å². The Labute approximate surface area is 112 Å². The van der Waals surface area contributed by atoms with Crippen molar-refractivity contribution in [3.05, 3.63) is 16.8 Å². The molecule has 2 aromatic heterocycles. The first-order valence-electron chi connectivity index (χ1n) is 6.64. The van der Waals surface area contributed by atoms with Crippen molar-refractivity contribution in [2.24, 2.45) is 5.92 Å². The summed E-state index contributed by atoms with van der Waals surface area (Å²) in [5.74, 6) is 1.83. The first-order valence-corrected chi connectivity index (χ1v) is 7.45. The Kier molecular flexibility index (Phi) is 2.98. The molecule has 3 nitrogen and oxygen atoms in total. The van der Waals surface area contributed by atoms with Crippen LogP contribution in [0, 0.1) is 19.8 Å². The third kappa shape index (κ3) is 1.88. The van der Waals surface area contributed by atoms with E-state index in [4.69, 9.17) is 0 Å². The minimum absolute atomic E-state index is 0.511. The summed E-state index contributed by atoms with van der Waals surface area (Å²) in [6.07, 6.45) is 5.76. The lowest BCUT2D eigenvalue weighted by Gasteiger charge is -2.32. The maximum atomic E-state index is 4.45. The van der Waals surface area contributed by atoms with Crippen LogP contribution in [0.2, 0.25) is 0 Å². The highest BCUT2D eigenvalue weighted by atomic mass is 32.1. The van der Waals surface area contributed by atoms with Crippen molar-refractivity contribution in [2.75, 3.05) is 5.32 Å². The van der Waals surface area contributed by atoms with E-state index in [2.05, 4.69) is 36.1 Å². The van der Waals surface area contributed by atoms with Crippen molar-refractivity contribution >= 4 is 27.4 Å². The van der Waals surface area contributed by atoms with E-state index in [-0.39, 0.29) is 0 Å². The summed E-state index contributed by atoms with van der Waals surface area (Å²) in [6.45, 7) is 6.59. The normalized spacial score (nSPS) is 17.7. The largest absolute Gasteiger partial charge is 0.367 e. The Hall–Kier alpha value is -1.16. The van der Waals surface area contributed by atoms with Crippen molar-refractivity contribution in [3.8, 4) is 0 Å². The van der Waals surface area contributed by atoms with E-state index in [9.17, 15) is 0 Å². The Bertz CT molecular complexity index is 572. The molecule has 0 spiro atoms. The predicted octanol–water partition coefficient (Wildman–Crippen LogP) is 3.91. The molecule has 1 aliphatic rings.